The number of carbonyl (C=O) groups is 2. The fourth-order valence-corrected chi connectivity index (χ4v) is 5.03. The molecular formula is C25H28ClF2N3O3. The van der Waals surface area contributed by atoms with Crippen LogP contribution in [0.15, 0.2) is 24.3 Å². The standard InChI is InChI=1S/C25H28ClF2N3O3/c1-4-17-5-6-22(31(17)25(33)15-7-13(2)29-14(3)8-15)24(32)30-23(16-11-34-12-16)18-9-21(28)19(26)10-20(18)27/h7-10,16-17,22-23H,4-6,11-12H2,1-3H3,(H,30,32)/t17-,22-,23?/m1/s1. The van der Waals surface area contributed by atoms with Crippen molar-refractivity contribution in [3.05, 3.63) is 63.4 Å². The van der Waals surface area contributed by atoms with Crippen LogP contribution in [0.1, 0.15) is 59.5 Å². The Hall–Kier alpha value is -2.58. The second kappa shape index (κ2) is 9.96. The normalized spacial score (nSPS) is 21.3. The lowest BCUT2D eigenvalue weighted by molar-refractivity contribution is -0.128. The van der Waals surface area contributed by atoms with Crippen LogP contribution in [-0.4, -0.2) is 47.0 Å². The smallest absolute Gasteiger partial charge is 0.254 e. The van der Waals surface area contributed by atoms with Gasteiger partial charge in [0.05, 0.1) is 24.3 Å². The number of nitrogens with zero attached hydrogens (tertiary/aromatic N) is 2. The molecule has 2 aromatic rings. The van der Waals surface area contributed by atoms with Gasteiger partial charge in [0.2, 0.25) is 5.91 Å². The maximum absolute atomic E-state index is 14.7. The molecule has 9 heteroatoms. The first-order valence-corrected chi connectivity index (χ1v) is 11.9. The minimum atomic E-state index is -0.795. The number of pyridine rings is 1. The van der Waals surface area contributed by atoms with Crippen molar-refractivity contribution in [3.63, 3.8) is 0 Å². The predicted octanol–water partition coefficient (Wildman–Crippen LogP) is 4.52. The van der Waals surface area contributed by atoms with Crippen molar-refractivity contribution in [3.8, 4) is 0 Å². The summed E-state index contributed by atoms with van der Waals surface area (Å²) in [6, 6.07) is 3.77. The van der Waals surface area contributed by atoms with Gasteiger partial charge in [0.1, 0.15) is 17.7 Å². The van der Waals surface area contributed by atoms with E-state index in [1.54, 1.807) is 17.0 Å². The molecule has 2 fully saturated rings. The summed E-state index contributed by atoms with van der Waals surface area (Å²) in [5, 5.41) is 2.57. The Morgan fingerprint density at radius 1 is 1.15 bits per heavy atom. The molecule has 3 atom stereocenters. The first-order chi connectivity index (χ1) is 16.2. The zero-order chi connectivity index (χ0) is 24.6. The molecular weight excluding hydrogens is 464 g/mol. The number of carbonyl (C=O) groups excluding carboxylic acids is 2. The summed E-state index contributed by atoms with van der Waals surface area (Å²) >= 11 is 5.72. The van der Waals surface area contributed by atoms with Gasteiger partial charge in [-0.3, -0.25) is 14.6 Å². The van der Waals surface area contributed by atoms with E-state index in [9.17, 15) is 18.4 Å². The number of ether oxygens (including phenoxy) is 1. The third kappa shape index (κ3) is 4.79. The second-order valence-electron chi connectivity index (χ2n) is 9.08. The van der Waals surface area contributed by atoms with E-state index in [0.717, 1.165) is 23.5 Å². The molecule has 1 aromatic carbocycles. The summed E-state index contributed by atoms with van der Waals surface area (Å²) < 4.78 is 34.1. The molecule has 0 bridgehead atoms. The number of rotatable bonds is 6. The molecule has 0 saturated carbocycles. The quantitative estimate of drug-likeness (QED) is 0.603. The number of aromatic nitrogens is 1. The maximum atomic E-state index is 14.7. The fraction of sp³-hybridized carbons (Fsp3) is 0.480. The van der Waals surface area contributed by atoms with Crippen molar-refractivity contribution in [2.75, 3.05) is 13.2 Å². The molecule has 2 amide bonds. The van der Waals surface area contributed by atoms with Gasteiger partial charge < -0.3 is 15.0 Å². The summed E-state index contributed by atoms with van der Waals surface area (Å²) in [6.45, 7) is 6.25. The minimum absolute atomic E-state index is 0.0202. The number of halogens is 3. The van der Waals surface area contributed by atoms with E-state index in [1.807, 2.05) is 20.8 Å². The van der Waals surface area contributed by atoms with Crippen molar-refractivity contribution in [2.45, 2.75) is 58.2 Å². The number of hydrogen-bond acceptors (Lipinski definition) is 4. The van der Waals surface area contributed by atoms with Crippen molar-refractivity contribution in [1.29, 1.82) is 0 Å². The Labute approximate surface area is 202 Å². The Kier molecular flexibility index (Phi) is 7.19. The highest BCUT2D eigenvalue weighted by Gasteiger charge is 2.42. The van der Waals surface area contributed by atoms with Gasteiger partial charge in [-0.1, -0.05) is 18.5 Å². The highest BCUT2D eigenvalue weighted by atomic mass is 35.5. The second-order valence-corrected chi connectivity index (χ2v) is 9.49. The van der Waals surface area contributed by atoms with Gasteiger partial charge in [0, 0.05) is 34.5 Å². The van der Waals surface area contributed by atoms with Crippen molar-refractivity contribution in [2.24, 2.45) is 5.92 Å². The molecule has 2 saturated heterocycles. The van der Waals surface area contributed by atoms with Crippen LogP contribution in [0.3, 0.4) is 0 Å². The van der Waals surface area contributed by atoms with Gasteiger partial charge in [-0.2, -0.15) is 0 Å². The Balaban J connectivity index is 1.62. The van der Waals surface area contributed by atoms with Crippen LogP contribution in [0.2, 0.25) is 5.02 Å². The van der Waals surface area contributed by atoms with Crippen LogP contribution in [0, 0.1) is 31.4 Å². The molecule has 6 nitrogen and oxygen atoms in total. The third-order valence-corrected chi connectivity index (χ3v) is 6.94. The largest absolute Gasteiger partial charge is 0.381 e. The van der Waals surface area contributed by atoms with Crippen LogP contribution in [-0.2, 0) is 9.53 Å². The van der Waals surface area contributed by atoms with E-state index in [2.05, 4.69) is 10.3 Å². The topological polar surface area (TPSA) is 71.5 Å². The van der Waals surface area contributed by atoms with Crippen molar-refractivity contribution >= 4 is 23.4 Å². The number of likely N-dealkylation sites (tertiary alicyclic amines) is 1. The first kappa shape index (κ1) is 24.5. The van der Waals surface area contributed by atoms with E-state index in [1.165, 1.54) is 0 Å². The van der Waals surface area contributed by atoms with Gasteiger partial charge in [-0.25, -0.2) is 8.78 Å². The molecule has 34 heavy (non-hydrogen) atoms. The van der Waals surface area contributed by atoms with Crippen LogP contribution in [0.25, 0.3) is 0 Å². The van der Waals surface area contributed by atoms with E-state index < -0.39 is 29.6 Å². The molecule has 2 aliphatic heterocycles. The monoisotopic (exact) mass is 491 g/mol. The summed E-state index contributed by atoms with van der Waals surface area (Å²) in [6.07, 6.45) is 1.88. The SMILES string of the molecule is CC[C@@H]1CC[C@H](C(=O)NC(c2cc(F)c(Cl)cc2F)C2COC2)N1C(=O)c1cc(C)nc(C)c1. The van der Waals surface area contributed by atoms with Crippen LogP contribution >= 0.6 is 11.6 Å². The van der Waals surface area contributed by atoms with Crippen molar-refractivity contribution in [1.82, 2.24) is 15.2 Å². The average molecular weight is 492 g/mol. The van der Waals surface area contributed by atoms with Gasteiger partial charge >= 0.3 is 0 Å². The zero-order valence-electron chi connectivity index (χ0n) is 19.4. The van der Waals surface area contributed by atoms with E-state index in [4.69, 9.17) is 16.3 Å². The summed E-state index contributed by atoms with van der Waals surface area (Å²) in [4.78, 5) is 32.9. The Morgan fingerprint density at radius 3 is 2.41 bits per heavy atom. The number of benzene rings is 1. The zero-order valence-corrected chi connectivity index (χ0v) is 20.2. The molecule has 2 aliphatic rings. The predicted molar refractivity (Wildman–Crippen MR) is 124 cm³/mol. The Morgan fingerprint density at radius 2 is 1.82 bits per heavy atom. The number of aryl methyl sites for hydroxylation is 2. The molecule has 0 aliphatic carbocycles. The summed E-state index contributed by atoms with van der Waals surface area (Å²) in [7, 11) is 0. The highest BCUT2D eigenvalue weighted by Crippen LogP contribution is 2.34. The van der Waals surface area contributed by atoms with E-state index in [-0.39, 0.29) is 28.5 Å². The number of nitrogens with one attached hydrogen (secondary N) is 1. The van der Waals surface area contributed by atoms with Gasteiger partial charge in [-0.15, -0.1) is 0 Å². The molecule has 1 aromatic heterocycles. The van der Waals surface area contributed by atoms with E-state index >= 15 is 0 Å². The first-order valence-electron chi connectivity index (χ1n) is 11.5. The molecule has 0 spiro atoms. The van der Waals surface area contributed by atoms with Crippen molar-refractivity contribution < 1.29 is 23.1 Å². The van der Waals surface area contributed by atoms with Gasteiger partial charge in [0.25, 0.3) is 5.91 Å². The molecule has 1 unspecified atom stereocenters. The minimum Gasteiger partial charge on any atom is -0.381 e. The lowest BCUT2D eigenvalue weighted by Crippen LogP contribution is -2.52. The van der Waals surface area contributed by atoms with Crippen LogP contribution in [0.4, 0.5) is 8.78 Å². The Bertz CT molecular complexity index is 1090. The molecule has 3 heterocycles. The lowest BCUT2D eigenvalue weighted by atomic mass is 9.90. The fourth-order valence-electron chi connectivity index (χ4n) is 4.88. The maximum Gasteiger partial charge on any atom is 0.254 e. The summed E-state index contributed by atoms with van der Waals surface area (Å²) in [5.74, 6) is -2.29. The average Bonchev–Trinajstić information content (AvgIpc) is 3.17. The highest BCUT2D eigenvalue weighted by molar-refractivity contribution is 6.30. The molecule has 182 valence electrons. The number of amides is 2. The van der Waals surface area contributed by atoms with Gasteiger partial charge in [-0.05, 0) is 57.4 Å². The van der Waals surface area contributed by atoms with Crippen LogP contribution in [0.5, 0.6) is 0 Å². The number of hydrogen-bond donors (Lipinski definition) is 1. The molecule has 1 N–H and O–H groups in total. The molecule has 4 rings (SSSR count). The summed E-state index contributed by atoms with van der Waals surface area (Å²) in [5.41, 5.74) is 1.95. The lowest BCUT2D eigenvalue weighted by Gasteiger charge is -2.36. The molecule has 0 radical (unpaired) electrons. The van der Waals surface area contributed by atoms with Crippen LogP contribution < -0.4 is 5.32 Å². The third-order valence-electron chi connectivity index (χ3n) is 6.65. The van der Waals surface area contributed by atoms with E-state index in [0.29, 0.717) is 38.0 Å². The van der Waals surface area contributed by atoms with Gasteiger partial charge in [0.15, 0.2) is 0 Å².